The molecule has 2 amide bonds. The van der Waals surface area contributed by atoms with Crippen molar-refractivity contribution in [3.8, 4) is 17.2 Å². The summed E-state index contributed by atoms with van der Waals surface area (Å²) >= 11 is 0. The summed E-state index contributed by atoms with van der Waals surface area (Å²) in [5, 5.41) is 5.44. The number of carbonyl (C=O) groups is 2. The molecule has 0 aromatic heterocycles. The number of para-hydroxylation sites is 1. The first-order valence-electron chi connectivity index (χ1n) is 9.61. The lowest BCUT2D eigenvalue weighted by atomic mass is 10.1. The number of halogens is 2. The molecule has 0 saturated carbocycles. The van der Waals surface area contributed by atoms with Gasteiger partial charge in [0.05, 0.1) is 11.3 Å². The highest BCUT2D eigenvalue weighted by molar-refractivity contribution is 6.09. The third kappa shape index (κ3) is 4.94. The van der Waals surface area contributed by atoms with Crippen LogP contribution < -0.4 is 24.8 Å². The van der Waals surface area contributed by atoms with Gasteiger partial charge in [-0.3, -0.25) is 9.59 Å². The van der Waals surface area contributed by atoms with Crippen LogP contribution in [0.2, 0.25) is 0 Å². The lowest BCUT2D eigenvalue weighted by molar-refractivity contribution is -0.0498. The lowest BCUT2D eigenvalue weighted by Gasteiger charge is -2.12. The number of fused-ring (bicyclic) bond motifs is 1. The maximum Gasteiger partial charge on any atom is 0.387 e. The maximum atomic E-state index is 12.7. The molecule has 0 unspecified atom stereocenters. The number of alkyl halides is 2. The normalized spacial score (nSPS) is 11.8. The fourth-order valence-electron chi connectivity index (χ4n) is 3.13. The zero-order valence-electron chi connectivity index (χ0n) is 16.6. The average Bonchev–Trinajstić information content (AvgIpc) is 3.25. The van der Waals surface area contributed by atoms with Gasteiger partial charge in [-0.15, -0.1) is 0 Å². The second-order valence-electron chi connectivity index (χ2n) is 6.78. The molecular weight excluding hydrogens is 422 g/mol. The predicted molar refractivity (Wildman–Crippen MR) is 111 cm³/mol. The van der Waals surface area contributed by atoms with E-state index in [9.17, 15) is 18.4 Å². The molecule has 1 aliphatic rings. The standard InChI is InChI=1S/C23H18F2N2O5/c24-23(25)32-16-5-3-4-15(11-16)21(28)27-18-7-2-1-6-17(18)22(29)26-12-14-8-9-19-20(10-14)31-13-30-19/h1-11,23H,12-13H2,(H,26,29)(H,27,28). The predicted octanol–water partition coefficient (Wildman–Crippen LogP) is 4.20. The monoisotopic (exact) mass is 440 g/mol. The summed E-state index contributed by atoms with van der Waals surface area (Å²) in [6.07, 6.45) is 0. The van der Waals surface area contributed by atoms with Gasteiger partial charge in [0, 0.05) is 12.1 Å². The zero-order valence-corrected chi connectivity index (χ0v) is 16.6. The van der Waals surface area contributed by atoms with Crippen LogP contribution in [-0.4, -0.2) is 25.2 Å². The maximum absolute atomic E-state index is 12.7. The minimum atomic E-state index is -3.00. The molecule has 3 aromatic carbocycles. The third-order valence-electron chi connectivity index (χ3n) is 4.63. The zero-order chi connectivity index (χ0) is 22.5. The summed E-state index contributed by atoms with van der Waals surface area (Å²) in [5.74, 6) is 0.162. The molecular formula is C23H18F2N2O5. The van der Waals surface area contributed by atoms with E-state index in [0.717, 1.165) is 5.56 Å². The Balaban J connectivity index is 1.44. The summed E-state index contributed by atoms with van der Waals surface area (Å²) in [4.78, 5) is 25.3. The first-order chi connectivity index (χ1) is 15.5. The molecule has 164 valence electrons. The number of benzene rings is 3. The van der Waals surface area contributed by atoms with Crippen LogP contribution in [0.5, 0.6) is 17.2 Å². The van der Waals surface area contributed by atoms with Gasteiger partial charge < -0.3 is 24.8 Å². The van der Waals surface area contributed by atoms with Gasteiger partial charge in [0.2, 0.25) is 6.79 Å². The van der Waals surface area contributed by atoms with Crippen LogP contribution in [0.15, 0.2) is 66.7 Å². The Bertz CT molecular complexity index is 1150. The van der Waals surface area contributed by atoms with E-state index in [0.29, 0.717) is 11.5 Å². The summed E-state index contributed by atoms with van der Waals surface area (Å²) in [6.45, 7) is -2.59. The fourth-order valence-corrected chi connectivity index (χ4v) is 3.13. The Morgan fingerprint density at radius 3 is 2.59 bits per heavy atom. The van der Waals surface area contributed by atoms with E-state index in [2.05, 4.69) is 15.4 Å². The van der Waals surface area contributed by atoms with Crippen molar-refractivity contribution in [2.24, 2.45) is 0 Å². The van der Waals surface area contributed by atoms with E-state index in [-0.39, 0.29) is 35.9 Å². The van der Waals surface area contributed by atoms with Gasteiger partial charge in [0.1, 0.15) is 5.75 Å². The number of rotatable bonds is 7. The number of ether oxygens (including phenoxy) is 3. The van der Waals surface area contributed by atoms with Crippen LogP contribution in [0.4, 0.5) is 14.5 Å². The Morgan fingerprint density at radius 2 is 1.75 bits per heavy atom. The highest BCUT2D eigenvalue weighted by Gasteiger charge is 2.17. The molecule has 4 rings (SSSR count). The highest BCUT2D eigenvalue weighted by atomic mass is 19.3. The smallest absolute Gasteiger partial charge is 0.387 e. The van der Waals surface area contributed by atoms with Crippen molar-refractivity contribution in [1.29, 1.82) is 0 Å². The van der Waals surface area contributed by atoms with Crippen LogP contribution in [0.25, 0.3) is 0 Å². The first kappa shape index (κ1) is 21.1. The van der Waals surface area contributed by atoms with Crippen molar-refractivity contribution in [2.45, 2.75) is 13.2 Å². The minimum Gasteiger partial charge on any atom is -0.454 e. The quantitative estimate of drug-likeness (QED) is 0.575. The largest absolute Gasteiger partial charge is 0.454 e. The number of amides is 2. The van der Waals surface area contributed by atoms with E-state index in [1.54, 1.807) is 36.4 Å². The molecule has 0 atom stereocenters. The van der Waals surface area contributed by atoms with Gasteiger partial charge in [-0.1, -0.05) is 24.3 Å². The van der Waals surface area contributed by atoms with Gasteiger partial charge in [0.15, 0.2) is 11.5 Å². The van der Waals surface area contributed by atoms with E-state index in [4.69, 9.17) is 9.47 Å². The minimum absolute atomic E-state index is 0.110. The van der Waals surface area contributed by atoms with Crippen molar-refractivity contribution in [3.63, 3.8) is 0 Å². The van der Waals surface area contributed by atoms with Crippen LogP contribution in [0.1, 0.15) is 26.3 Å². The van der Waals surface area contributed by atoms with E-state index in [1.165, 1.54) is 24.3 Å². The van der Waals surface area contributed by atoms with Crippen LogP contribution >= 0.6 is 0 Å². The van der Waals surface area contributed by atoms with Crippen molar-refractivity contribution in [3.05, 3.63) is 83.4 Å². The van der Waals surface area contributed by atoms with Gasteiger partial charge >= 0.3 is 6.61 Å². The van der Waals surface area contributed by atoms with E-state index >= 15 is 0 Å². The fraction of sp³-hybridized carbons (Fsp3) is 0.130. The molecule has 0 spiro atoms. The highest BCUT2D eigenvalue weighted by Crippen LogP contribution is 2.32. The molecule has 32 heavy (non-hydrogen) atoms. The Morgan fingerprint density at radius 1 is 0.938 bits per heavy atom. The first-order valence-corrected chi connectivity index (χ1v) is 9.61. The van der Waals surface area contributed by atoms with Crippen molar-refractivity contribution in [1.82, 2.24) is 5.32 Å². The van der Waals surface area contributed by atoms with Gasteiger partial charge in [-0.2, -0.15) is 8.78 Å². The Kier molecular flexibility index (Phi) is 6.16. The lowest BCUT2D eigenvalue weighted by Crippen LogP contribution is -2.25. The summed E-state index contributed by atoms with van der Waals surface area (Å²) in [5.41, 5.74) is 1.46. The van der Waals surface area contributed by atoms with Crippen molar-refractivity contribution < 1.29 is 32.6 Å². The van der Waals surface area contributed by atoms with Crippen molar-refractivity contribution in [2.75, 3.05) is 12.1 Å². The van der Waals surface area contributed by atoms with Crippen molar-refractivity contribution >= 4 is 17.5 Å². The van der Waals surface area contributed by atoms with E-state index < -0.39 is 18.4 Å². The Labute approximate surface area is 181 Å². The van der Waals surface area contributed by atoms with Gasteiger partial charge in [0.25, 0.3) is 11.8 Å². The van der Waals surface area contributed by atoms with Crippen LogP contribution in [0.3, 0.4) is 0 Å². The summed E-state index contributed by atoms with van der Waals surface area (Å²) < 4.78 is 39.8. The Hall–Kier alpha value is -4.14. The number of carbonyl (C=O) groups excluding carboxylic acids is 2. The second kappa shape index (κ2) is 9.34. The molecule has 7 nitrogen and oxygen atoms in total. The number of nitrogens with one attached hydrogen (secondary N) is 2. The molecule has 0 radical (unpaired) electrons. The average molecular weight is 440 g/mol. The van der Waals surface area contributed by atoms with Gasteiger partial charge in [-0.05, 0) is 48.0 Å². The number of hydrogen-bond acceptors (Lipinski definition) is 5. The molecule has 3 aromatic rings. The summed E-state index contributed by atoms with van der Waals surface area (Å²) in [7, 11) is 0. The van der Waals surface area contributed by atoms with Crippen LogP contribution in [-0.2, 0) is 6.54 Å². The molecule has 0 aliphatic carbocycles. The van der Waals surface area contributed by atoms with Crippen LogP contribution in [0, 0.1) is 0 Å². The van der Waals surface area contributed by atoms with E-state index in [1.807, 2.05) is 6.07 Å². The topological polar surface area (TPSA) is 85.9 Å². The molecule has 0 bridgehead atoms. The van der Waals surface area contributed by atoms with Gasteiger partial charge in [-0.25, -0.2) is 0 Å². The summed E-state index contributed by atoms with van der Waals surface area (Å²) in [6, 6.07) is 17.2. The molecule has 2 N–H and O–H groups in total. The third-order valence-corrected chi connectivity index (χ3v) is 4.63. The number of anilines is 1. The molecule has 1 heterocycles. The SMILES string of the molecule is O=C(Nc1ccccc1C(=O)NCc1ccc2c(c1)OCO2)c1cccc(OC(F)F)c1. The molecule has 9 heteroatoms. The second-order valence-corrected chi connectivity index (χ2v) is 6.78. The molecule has 1 aliphatic heterocycles. The molecule has 0 saturated heterocycles. The number of hydrogen-bond donors (Lipinski definition) is 2. The molecule has 0 fully saturated rings.